The lowest BCUT2D eigenvalue weighted by atomic mass is 10.1. The Labute approximate surface area is 150 Å². The topological polar surface area (TPSA) is 90.7 Å². The van der Waals surface area contributed by atoms with E-state index in [4.69, 9.17) is 25.6 Å². The first-order valence-corrected chi connectivity index (χ1v) is 7.99. The number of carbonyl (C=O) groups is 2. The Morgan fingerprint density at radius 3 is 2.68 bits per heavy atom. The van der Waals surface area contributed by atoms with Crippen LogP contribution in [0.15, 0.2) is 22.7 Å². The maximum Gasteiger partial charge on any atom is 0.306 e. The van der Waals surface area contributed by atoms with Gasteiger partial charge in [-0.05, 0) is 38.5 Å². The van der Waals surface area contributed by atoms with E-state index >= 15 is 0 Å². The Morgan fingerprint density at radius 2 is 2.08 bits per heavy atom. The van der Waals surface area contributed by atoms with Gasteiger partial charge in [0.2, 0.25) is 0 Å². The molecule has 0 unspecified atom stereocenters. The van der Waals surface area contributed by atoms with Crippen LogP contribution in [0.5, 0.6) is 5.75 Å². The number of carbonyl (C=O) groups excluding carboxylic acids is 2. The molecule has 1 aromatic carbocycles. The van der Waals surface area contributed by atoms with Crippen LogP contribution in [0.2, 0.25) is 5.02 Å². The van der Waals surface area contributed by atoms with E-state index in [1.54, 1.807) is 25.1 Å². The number of amides is 1. The van der Waals surface area contributed by atoms with E-state index in [0.29, 0.717) is 28.6 Å². The second-order valence-electron chi connectivity index (χ2n) is 5.36. The first-order chi connectivity index (χ1) is 11.9. The summed E-state index contributed by atoms with van der Waals surface area (Å²) < 4.78 is 15.0. The van der Waals surface area contributed by atoms with Crippen molar-refractivity contribution < 1.29 is 23.6 Å². The number of hydrogen-bond donors (Lipinski definition) is 1. The van der Waals surface area contributed by atoms with Crippen molar-refractivity contribution in [3.8, 4) is 5.75 Å². The van der Waals surface area contributed by atoms with Crippen LogP contribution in [0.1, 0.15) is 23.4 Å². The summed E-state index contributed by atoms with van der Waals surface area (Å²) in [6.07, 6.45) is 0.597. The van der Waals surface area contributed by atoms with Gasteiger partial charge in [-0.15, -0.1) is 0 Å². The average molecular weight is 367 g/mol. The minimum absolute atomic E-state index is 0.143. The van der Waals surface area contributed by atoms with Crippen LogP contribution in [0.25, 0.3) is 0 Å². The Bertz CT molecular complexity index is 753. The smallest absolute Gasteiger partial charge is 0.306 e. The lowest BCUT2D eigenvalue weighted by Gasteiger charge is -2.08. The first kappa shape index (κ1) is 18.8. The molecule has 0 saturated heterocycles. The lowest BCUT2D eigenvalue weighted by Crippen LogP contribution is -2.21. The molecule has 0 aliphatic heterocycles. The standard InChI is InChI=1S/C17H19ClN2O5/c1-10-13(11(2)25-20-10)5-7-17(22)24-9-16(21)19-12-4-6-15(23-3)14(18)8-12/h4,6,8H,5,7,9H2,1-3H3,(H,19,21). The molecule has 7 nitrogen and oxygen atoms in total. The SMILES string of the molecule is COc1ccc(NC(=O)COC(=O)CCc2c(C)noc2C)cc1Cl. The van der Waals surface area contributed by atoms with Gasteiger partial charge in [0.05, 0.1) is 17.8 Å². The van der Waals surface area contributed by atoms with Crippen LogP contribution >= 0.6 is 11.6 Å². The number of halogens is 1. The fourth-order valence-corrected chi connectivity index (χ4v) is 2.50. The Hall–Kier alpha value is -2.54. The Balaban J connectivity index is 1.77. The number of benzene rings is 1. The fraction of sp³-hybridized carbons (Fsp3) is 0.353. The normalized spacial score (nSPS) is 10.4. The number of aryl methyl sites for hydroxylation is 2. The molecular formula is C17H19ClN2O5. The summed E-state index contributed by atoms with van der Waals surface area (Å²) in [5.74, 6) is 0.264. The predicted molar refractivity (Wildman–Crippen MR) is 91.9 cm³/mol. The summed E-state index contributed by atoms with van der Waals surface area (Å²) in [5, 5.41) is 6.79. The van der Waals surface area contributed by atoms with E-state index in [2.05, 4.69) is 10.5 Å². The molecule has 0 aliphatic carbocycles. The van der Waals surface area contributed by atoms with Crippen LogP contribution in [-0.4, -0.2) is 30.7 Å². The molecule has 0 spiro atoms. The highest BCUT2D eigenvalue weighted by atomic mass is 35.5. The summed E-state index contributed by atoms with van der Waals surface area (Å²) >= 11 is 5.98. The van der Waals surface area contributed by atoms with Crippen molar-refractivity contribution in [3.05, 3.63) is 40.2 Å². The number of nitrogens with one attached hydrogen (secondary N) is 1. The molecule has 0 fully saturated rings. The van der Waals surface area contributed by atoms with E-state index in [0.717, 1.165) is 11.3 Å². The van der Waals surface area contributed by atoms with Crippen LogP contribution in [-0.2, 0) is 20.7 Å². The molecule has 0 bridgehead atoms. The molecule has 0 aliphatic rings. The number of aromatic nitrogens is 1. The van der Waals surface area contributed by atoms with Crippen LogP contribution in [0.4, 0.5) is 5.69 Å². The van der Waals surface area contributed by atoms with Gasteiger partial charge < -0.3 is 19.3 Å². The monoisotopic (exact) mass is 366 g/mol. The third-order valence-corrected chi connectivity index (χ3v) is 3.86. The van der Waals surface area contributed by atoms with Gasteiger partial charge in [-0.3, -0.25) is 9.59 Å². The van der Waals surface area contributed by atoms with Crippen molar-refractivity contribution >= 4 is 29.2 Å². The number of rotatable bonds is 7. The van der Waals surface area contributed by atoms with E-state index in [9.17, 15) is 9.59 Å². The lowest BCUT2D eigenvalue weighted by molar-refractivity contribution is -0.147. The summed E-state index contributed by atoms with van der Waals surface area (Å²) in [6.45, 7) is 3.22. The largest absolute Gasteiger partial charge is 0.495 e. The second-order valence-corrected chi connectivity index (χ2v) is 5.77. The predicted octanol–water partition coefficient (Wildman–Crippen LogP) is 3.07. The molecule has 1 aromatic heterocycles. The van der Waals surface area contributed by atoms with Crippen molar-refractivity contribution in [3.63, 3.8) is 0 Å². The molecule has 1 heterocycles. The highest BCUT2D eigenvalue weighted by Gasteiger charge is 2.13. The van der Waals surface area contributed by atoms with E-state index in [-0.39, 0.29) is 13.0 Å². The van der Waals surface area contributed by atoms with E-state index in [1.165, 1.54) is 7.11 Å². The van der Waals surface area contributed by atoms with Crippen LogP contribution in [0, 0.1) is 13.8 Å². The third-order valence-electron chi connectivity index (χ3n) is 3.56. The van der Waals surface area contributed by atoms with Gasteiger partial charge in [-0.2, -0.15) is 0 Å². The van der Waals surface area contributed by atoms with Gasteiger partial charge in [-0.1, -0.05) is 16.8 Å². The molecule has 8 heteroatoms. The summed E-state index contributed by atoms with van der Waals surface area (Å²) in [4.78, 5) is 23.6. The zero-order valence-corrected chi connectivity index (χ0v) is 15.0. The molecule has 0 atom stereocenters. The molecule has 134 valence electrons. The quantitative estimate of drug-likeness (QED) is 0.757. The average Bonchev–Trinajstić information content (AvgIpc) is 2.89. The van der Waals surface area contributed by atoms with Gasteiger partial charge in [-0.25, -0.2) is 0 Å². The minimum atomic E-state index is -0.470. The van der Waals surface area contributed by atoms with Crippen LogP contribution in [0.3, 0.4) is 0 Å². The summed E-state index contributed by atoms with van der Waals surface area (Å²) in [7, 11) is 1.50. The summed E-state index contributed by atoms with van der Waals surface area (Å²) in [6, 6.07) is 4.83. The van der Waals surface area contributed by atoms with E-state index < -0.39 is 11.9 Å². The zero-order chi connectivity index (χ0) is 18.4. The molecule has 25 heavy (non-hydrogen) atoms. The number of methoxy groups -OCH3 is 1. The van der Waals surface area contributed by atoms with Gasteiger partial charge in [0.25, 0.3) is 5.91 Å². The fourth-order valence-electron chi connectivity index (χ4n) is 2.25. The first-order valence-electron chi connectivity index (χ1n) is 7.61. The number of esters is 1. The maximum absolute atomic E-state index is 11.8. The van der Waals surface area contributed by atoms with Crippen molar-refractivity contribution in [1.82, 2.24) is 5.16 Å². The third kappa shape index (κ3) is 5.22. The molecule has 2 rings (SSSR count). The number of anilines is 1. The van der Waals surface area contributed by atoms with Gasteiger partial charge in [0.1, 0.15) is 11.5 Å². The second kappa shape index (κ2) is 8.53. The van der Waals surface area contributed by atoms with Gasteiger partial charge in [0.15, 0.2) is 6.61 Å². The molecule has 0 saturated carbocycles. The number of hydrogen-bond acceptors (Lipinski definition) is 6. The minimum Gasteiger partial charge on any atom is -0.495 e. The Kier molecular flexibility index (Phi) is 6.41. The van der Waals surface area contributed by atoms with Crippen molar-refractivity contribution in [2.75, 3.05) is 19.0 Å². The van der Waals surface area contributed by atoms with Gasteiger partial charge in [0, 0.05) is 17.7 Å². The van der Waals surface area contributed by atoms with Gasteiger partial charge >= 0.3 is 5.97 Å². The number of ether oxygens (including phenoxy) is 2. The van der Waals surface area contributed by atoms with Crippen molar-refractivity contribution in [2.24, 2.45) is 0 Å². The highest BCUT2D eigenvalue weighted by molar-refractivity contribution is 6.32. The molecule has 1 N–H and O–H groups in total. The highest BCUT2D eigenvalue weighted by Crippen LogP contribution is 2.27. The molecular weight excluding hydrogens is 348 g/mol. The van der Waals surface area contributed by atoms with Crippen LogP contribution < -0.4 is 10.1 Å². The van der Waals surface area contributed by atoms with Crippen molar-refractivity contribution in [2.45, 2.75) is 26.7 Å². The Morgan fingerprint density at radius 1 is 1.32 bits per heavy atom. The maximum atomic E-state index is 11.8. The number of nitrogens with zero attached hydrogens (tertiary/aromatic N) is 1. The molecule has 0 radical (unpaired) electrons. The summed E-state index contributed by atoms with van der Waals surface area (Å²) in [5.41, 5.74) is 2.12. The molecule has 2 aromatic rings. The van der Waals surface area contributed by atoms with E-state index in [1.807, 2.05) is 6.92 Å². The zero-order valence-electron chi connectivity index (χ0n) is 14.2. The van der Waals surface area contributed by atoms with Crippen molar-refractivity contribution in [1.29, 1.82) is 0 Å². The molecule has 1 amide bonds.